The Kier molecular flexibility index (Phi) is 4.99. The van der Waals surface area contributed by atoms with Gasteiger partial charge in [0.1, 0.15) is 12.4 Å². The van der Waals surface area contributed by atoms with Crippen LogP contribution in [0.1, 0.15) is 21.7 Å². The Bertz CT molecular complexity index is 1040. The van der Waals surface area contributed by atoms with Gasteiger partial charge in [-0.1, -0.05) is 29.5 Å². The van der Waals surface area contributed by atoms with Crippen molar-refractivity contribution in [2.75, 3.05) is 17.3 Å². The molecule has 2 aromatic carbocycles. The van der Waals surface area contributed by atoms with Crippen molar-refractivity contribution in [2.45, 2.75) is 18.7 Å². The number of nitrogens with zero attached hydrogens (tertiary/aromatic N) is 4. The van der Waals surface area contributed by atoms with Crippen molar-refractivity contribution >= 4 is 17.7 Å². The number of ether oxygens (including phenoxy) is 1. The van der Waals surface area contributed by atoms with E-state index in [4.69, 9.17) is 4.74 Å². The summed E-state index contributed by atoms with van der Waals surface area (Å²) in [5, 5.41) is 10.3. The molecule has 1 amide bonds. The number of benzene rings is 2. The number of carbonyl (C=O) groups is 1. The monoisotopic (exact) mass is 402 g/mol. The number of amides is 1. The van der Waals surface area contributed by atoms with Gasteiger partial charge in [-0.05, 0) is 31.2 Å². The molecule has 1 aliphatic heterocycles. The highest BCUT2D eigenvalue weighted by Crippen LogP contribution is 2.25. The van der Waals surface area contributed by atoms with E-state index in [1.54, 1.807) is 15.8 Å². The second-order valence-corrected chi connectivity index (χ2v) is 7.28. The van der Waals surface area contributed by atoms with Crippen LogP contribution in [0.2, 0.25) is 0 Å². The zero-order chi connectivity index (χ0) is 19.7. The zero-order valence-corrected chi connectivity index (χ0v) is 15.7. The first-order valence-corrected chi connectivity index (χ1v) is 9.55. The van der Waals surface area contributed by atoms with Crippen LogP contribution in [-0.2, 0) is 6.61 Å². The molecule has 0 saturated heterocycles. The molecule has 0 bridgehead atoms. The maximum absolute atomic E-state index is 13.8. The van der Waals surface area contributed by atoms with Crippen LogP contribution in [0, 0.1) is 18.6 Å². The topological polar surface area (TPSA) is 60.3 Å². The van der Waals surface area contributed by atoms with Crippen LogP contribution in [0.15, 0.2) is 47.6 Å². The molecule has 1 aromatic heterocycles. The average molecular weight is 402 g/mol. The summed E-state index contributed by atoms with van der Waals surface area (Å²) in [7, 11) is 0. The number of hydrogen-bond donors (Lipinski definition) is 0. The summed E-state index contributed by atoms with van der Waals surface area (Å²) in [6.07, 6.45) is 0. The van der Waals surface area contributed by atoms with Gasteiger partial charge in [-0.3, -0.25) is 4.79 Å². The highest BCUT2D eigenvalue weighted by molar-refractivity contribution is 7.99. The van der Waals surface area contributed by atoms with Crippen molar-refractivity contribution in [2.24, 2.45) is 0 Å². The first-order valence-electron chi connectivity index (χ1n) is 8.56. The maximum Gasteiger partial charge on any atom is 0.272 e. The second-order valence-electron chi connectivity index (χ2n) is 6.22. The molecule has 0 saturated carbocycles. The number of hydrogen-bond acceptors (Lipinski definition) is 5. The number of aromatic nitrogens is 3. The molecule has 6 nitrogen and oxygen atoms in total. The van der Waals surface area contributed by atoms with E-state index in [0.29, 0.717) is 28.8 Å². The predicted molar refractivity (Wildman–Crippen MR) is 100 cm³/mol. The Balaban J connectivity index is 1.60. The lowest BCUT2D eigenvalue weighted by Gasteiger charge is -2.29. The van der Waals surface area contributed by atoms with Crippen LogP contribution in [0.5, 0.6) is 5.75 Å². The van der Waals surface area contributed by atoms with Crippen molar-refractivity contribution in [3.8, 4) is 5.75 Å². The van der Waals surface area contributed by atoms with Crippen LogP contribution < -0.4 is 9.75 Å². The molecule has 1 aliphatic rings. The molecule has 0 atom stereocenters. The molecule has 3 aromatic rings. The lowest BCUT2D eigenvalue weighted by molar-refractivity contribution is 0.0952. The minimum absolute atomic E-state index is 0.0984. The molecule has 28 heavy (non-hydrogen) atoms. The van der Waals surface area contributed by atoms with Crippen molar-refractivity contribution in [1.82, 2.24) is 14.9 Å². The van der Waals surface area contributed by atoms with E-state index in [-0.39, 0.29) is 18.3 Å². The molecule has 0 unspecified atom stereocenters. The molecule has 0 fully saturated rings. The molecule has 0 spiro atoms. The quantitative estimate of drug-likeness (QED) is 0.670. The highest BCUT2D eigenvalue weighted by atomic mass is 32.2. The molecular formula is C19H16F2N4O2S. The van der Waals surface area contributed by atoms with E-state index in [9.17, 15) is 13.6 Å². The van der Waals surface area contributed by atoms with Gasteiger partial charge in [-0.15, -0.1) is 10.2 Å². The minimum atomic E-state index is -0.805. The fourth-order valence-corrected chi connectivity index (χ4v) is 3.77. The van der Waals surface area contributed by atoms with Crippen molar-refractivity contribution in [3.63, 3.8) is 0 Å². The van der Waals surface area contributed by atoms with Crippen LogP contribution >= 0.6 is 11.8 Å². The SMILES string of the molecule is Cc1cccc(C(=O)N2CCSc3nnc(COc4ccc(F)cc4F)n32)c1. The number of thioether (sulfide) groups is 1. The minimum Gasteiger partial charge on any atom is -0.482 e. The summed E-state index contributed by atoms with van der Waals surface area (Å²) < 4.78 is 33.9. The molecule has 0 aliphatic carbocycles. The van der Waals surface area contributed by atoms with Gasteiger partial charge in [0.25, 0.3) is 5.91 Å². The summed E-state index contributed by atoms with van der Waals surface area (Å²) in [4.78, 5) is 13.0. The molecule has 9 heteroatoms. The van der Waals surface area contributed by atoms with Crippen LogP contribution in [0.3, 0.4) is 0 Å². The Morgan fingerprint density at radius 1 is 1.21 bits per heavy atom. The third-order valence-corrected chi connectivity index (χ3v) is 5.10. The van der Waals surface area contributed by atoms with Crippen LogP contribution in [-0.4, -0.2) is 33.1 Å². The number of fused-ring (bicyclic) bond motifs is 1. The van der Waals surface area contributed by atoms with Crippen molar-refractivity contribution in [3.05, 3.63) is 71.1 Å². The van der Waals surface area contributed by atoms with Crippen molar-refractivity contribution < 1.29 is 18.3 Å². The highest BCUT2D eigenvalue weighted by Gasteiger charge is 2.28. The first kappa shape index (κ1) is 18.4. The van der Waals surface area contributed by atoms with Crippen molar-refractivity contribution in [1.29, 1.82) is 0 Å². The Hall–Kier alpha value is -2.94. The molecule has 0 N–H and O–H groups in total. The van der Waals surface area contributed by atoms with E-state index in [1.807, 2.05) is 25.1 Å². The zero-order valence-electron chi connectivity index (χ0n) is 14.9. The van der Waals surface area contributed by atoms with Gasteiger partial charge in [0, 0.05) is 17.4 Å². The molecular weight excluding hydrogens is 386 g/mol. The third-order valence-electron chi connectivity index (χ3n) is 4.20. The fourth-order valence-electron chi connectivity index (χ4n) is 2.90. The largest absolute Gasteiger partial charge is 0.482 e. The van der Waals surface area contributed by atoms with Gasteiger partial charge in [0.05, 0.1) is 6.54 Å². The Labute approximate surface area is 164 Å². The number of halogens is 2. The molecule has 0 radical (unpaired) electrons. The second kappa shape index (κ2) is 7.59. The van der Waals surface area contributed by atoms with Crippen LogP contribution in [0.25, 0.3) is 0 Å². The predicted octanol–water partition coefficient (Wildman–Crippen LogP) is 3.33. The summed E-state index contributed by atoms with van der Waals surface area (Å²) in [6, 6.07) is 10.4. The summed E-state index contributed by atoms with van der Waals surface area (Å²) in [5.41, 5.74) is 1.54. The van der Waals surface area contributed by atoms with Gasteiger partial charge >= 0.3 is 0 Å². The number of rotatable bonds is 4. The fraction of sp³-hybridized carbons (Fsp3) is 0.211. The van der Waals surface area contributed by atoms with Crippen LogP contribution in [0.4, 0.5) is 8.78 Å². The van der Waals surface area contributed by atoms with Gasteiger partial charge in [0.2, 0.25) is 5.16 Å². The summed E-state index contributed by atoms with van der Waals surface area (Å²) in [5.74, 6) is -0.732. The molecule has 2 heterocycles. The lowest BCUT2D eigenvalue weighted by Crippen LogP contribution is -2.45. The summed E-state index contributed by atoms with van der Waals surface area (Å²) >= 11 is 1.47. The Morgan fingerprint density at radius 2 is 2.07 bits per heavy atom. The van der Waals surface area contributed by atoms with Gasteiger partial charge in [-0.25, -0.2) is 18.5 Å². The average Bonchev–Trinajstić information content (AvgIpc) is 3.10. The van der Waals surface area contributed by atoms with Gasteiger partial charge in [-0.2, -0.15) is 0 Å². The number of aryl methyl sites for hydroxylation is 1. The normalized spacial score (nSPS) is 13.3. The maximum atomic E-state index is 13.8. The van der Waals surface area contributed by atoms with Gasteiger partial charge < -0.3 is 4.74 Å². The molecule has 144 valence electrons. The van der Waals surface area contributed by atoms with E-state index in [0.717, 1.165) is 17.7 Å². The van der Waals surface area contributed by atoms with E-state index in [2.05, 4.69) is 10.2 Å². The van der Waals surface area contributed by atoms with E-state index in [1.165, 1.54) is 17.8 Å². The first-order chi connectivity index (χ1) is 13.5. The summed E-state index contributed by atoms with van der Waals surface area (Å²) in [6.45, 7) is 2.28. The van der Waals surface area contributed by atoms with E-state index >= 15 is 0 Å². The smallest absolute Gasteiger partial charge is 0.272 e. The van der Waals surface area contributed by atoms with Gasteiger partial charge in [0.15, 0.2) is 17.4 Å². The lowest BCUT2D eigenvalue weighted by atomic mass is 10.1. The Morgan fingerprint density at radius 3 is 2.86 bits per heavy atom. The standard InChI is InChI=1S/C19H16F2N4O2S/c1-12-3-2-4-13(9-12)18(26)24-7-8-28-19-23-22-17(25(19)24)11-27-16-6-5-14(20)10-15(16)21/h2-6,9-10H,7-8,11H2,1H3. The third kappa shape index (κ3) is 3.57. The van der Waals surface area contributed by atoms with E-state index < -0.39 is 11.6 Å². The number of carbonyl (C=O) groups excluding carboxylic acids is 1. The molecule has 4 rings (SSSR count).